The molecule has 1 aromatic heterocycles. The quantitative estimate of drug-likeness (QED) is 0.680. The monoisotopic (exact) mass is 275 g/mol. The van der Waals surface area contributed by atoms with Crippen LogP contribution in [0.15, 0.2) is 41.7 Å². The number of thioether (sulfide) groups is 1. The molecule has 2 aromatic rings. The molecular formula is C13H13N3O2S. The highest BCUT2D eigenvalue weighted by molar-refractivity contribution is 7.98. The van der Waals surface area contributed by atoms with E-state index in [-0.39, 0.29) is 5.97 Å². The molecule has 2 rings (SSSR count). The predicted molar refractivity (Wildman–Crippen MR) is 73.8 cm³/mol. The molecule has 0 aliphatic carbocycles. The number of benzene rings is 1. The molecule has 2 N–H and O–H groups in total. The summed E-state index contributed by atoms with van der Waals surface area (Å²) in [7, 11) is 1.36. The zero-order valence-corrected chi connectivity index (χ0v) is 11.2. The standard InChI is InChI=1S/C13H13N3O2S/c1-18-13(17)10-4-2-9(3-5-10)8-19-12-11(14)15-6-7-16-12/h2-7H,8H2,1H3,(H2,14,15). The van der Waals surface area contributed by atoms with Gasteiger partial charge in [-0.2, -0.15) is 0 Å². The van der Waals surface area contributed by atoms with E-state index in [1.54, 1.807) is 24.5 Å². The normalized spacial score (nSPS) is 10.2. The van der Waals surface area contributed by atoms with Gasteiger partial charge in [0.1, 0.15) is 5.03 Å². The Morgan fingerprint density at radius 2 is 1.95 bits per heavy atom. The van der Waals surface area contributed by atoms with Crippen LogP contribution in [0.2, 0.25) is 0 Å². The van der Waals surface area contributed by atoms with Crippen molar-refractivity contribution in [2.75, 3.05) is 12.8 Å². The van der Waals surface area contributed by atoms with Crippen molar-refractivity contribution in [3.63, 3.8) is 0 Å². The number of hydrogen-bond acceptors (Lipinski definition) is 6. The number of carbonyl (C=O) groups excluding carboxylic acids is 1. The largest absolute Gasteiger partial charge is 0.465 e. The first-order valence-electron chi connectivity index (χ1n) is 5.57. The van der Waals surface area contributed by atoms with Crippen molar-refractivity contribution in [1.82, 2.24) is 9.97 Å². The molecule has 0 radical (unpaired) electrons. The highest BCUT2D eigenvalue weighted by Crippen LogP contribution is 2.24. The SMILES string of the molecule is COC(=O)c1ccc(CSc2nccnc2N)cc1. The van der Waals surface area contributed by atoms with Crippen LogP contribution in [-0.2, 0) is 10.5 Å². The minimum absolute atomic E-state index is 0.336. The second-order valence-corrected chi connectivity index (χ2v) is 4.69. The third-order valence-electron chi connectivity index (χ3n) is 2.44. The molecule has 0 saturated heterocycles. The summed E-state index contributed by atoms with van der Waals surface area (Å²) in [6.07, 6.45) is 3.17. The summed E-state index contributed by atoms with van der Waals surface area (Å²) in [5, 5.41) is 0.708. The van der Waals surface area contributed by atoms with Crippen LogP contribution < -0.4 is 5.73 Å². The summed E-state index contributed by atoms with van der Waals surface area (Å²) in [5.41, 5.74) is 7.32. The second-order valence-electron chi connectivity index (χ2n) is 3.72. The minimum Gasteiger partial charge on any atom is -0.465 e. The number of nitrogen functional groups attached to an aromatic ring is 1. The molecule has 0 fully saturated rings. The maximum Gasteiger partial charge on any atom is 0.337 e. The van der Waals surface area contributed by atoms with Gasteiger partial charge in [-0.1, -0.05) is 23.9 Å². The number of rotatable bonds is 4. The predicted octanol–water partition coefficient (Wildman–Crippen LogP) is 2.14. The van der Waals surface area contributed by atoms with Gasteiger partial charge < -0.3 is 10.5 Å². The molecule has 1 aromatic carbocycles. The Morgan fingerprint density at radius 3 is 2.58 bits per heavy atom. The van der Waals surface area contributed by atoms with Gasteiger partial charge in [0.2, 0.25) is 0 Å². The van der Waals surface area contributed by atoms with E-state index in [9.17, 15) is 4.79 Å². The second kappa shape index (κ2) is 6.19. The smallest absolute Gasteiger partial charge is 0.337 e. The van der Waals surface area contributed by atoms with Gasteiger partial charge in [0.25, 0.3) is 0 Å². The maximum absolute atomic E-state index is 11.3. The number of nitrogens with zero attached hydrogens (tertiary/aromatic N) is 2. The number of nitrogens with two attached hydrogens (primary N) is 1. The Labute approximate surface area is 115 Å². The van der Waals surface area contributed by atoms with Crippen LogP contribution in [0, 0.1) is 0 Å². The van der Waals surface area contributed by atoms with Crippen molar-refractivity contribution in [3.05, 3.63) is 47.8 Å². The van der Waals surface area contributed by atoms with Gasteiger partial charge >= 0.3 is 5.97 Å². The van der Waals surface area contributed by atoms with E-state index in [1.807, 2.05) is 12.1 Å². The molecule has 1 heterocycles. The van der Waals surface area contributed by atoms with Gasteiger partial charge in [0.05, 0.1) is 12.7 Å². The van der Waals surface area contributed by atoms with Gasteiger partial charge in [0.15, 0.2) is 5.82 Å². The summed E-state index contributed by atoms with van der Waals surface area (Å²) in [6.45, 7) is 0. The van der Waals surface area contributed by atoms with Crippen LogP contribution in [0.1, 0.15) is 15.9 Å². The highest BCUT2D eigenvalue weighted by Gasteiger charge is 2.06. The molecular weight excluding hydrogens is 262 g/mol. The Balaban J connectivity index is 2.01. The van der Waals surface area contributed by atoms with E-state index in [1.165, 1.54) is 18.9 Å². The molecule has 0 saturated carbocycles. The van der Waals surface area contributed by atoms with Crippen molar-refractivity contribution in [2.24, 2.45) is 0 Å². The summed E-state index contributed by atoms with van der Waals surface area (Å²) in [6, 6.07) is 7.24. The van der Waals surface area contributed by atoms with Crippen LogP contribution in [-0.4, -0.2) is 23.0 Å². The topological polar surface area (TPSA) is 78.1 Å². The maximum atomic E-state index is 11.3. The molecule has 0 aliphatic heterocycles. The molecule has 6 heteroatoms. The fourth-order valence-electron chi connectivity index (χ4n) is 1.45. The van der Waals surface area contributed by atoms with Crippen molar-refractivity contribution in [3.8, 4) is 0 Å². The van der Waals surface area contributed by atoms with Crippen LogP contribution in [0.4, 0.5) is 5.82 Å². The fourth-order valence-corrected chi connectivity index (χ4v) is 2.29. The van der Waals surface area contributed by atoms with Crippen molar-refractivity contribution < 1.29 is 9.53 Å². The van der Waals surface area contributed by atoms with Gasteiger partial charge in [-0.15, -0.1) is 0 Å². The lowest BCUT2D eigenvalue weighted by molar-refractivity contribution is 0.0600. The lowest BCUT2D eigenvalue weighted by atomic mass is 10.1. The Morgan fingerprint density at radius 1 is 1.26 bits per heavy atom. The van der Waals surface area contributed by atoms with Crippen LogP contribution in [0.25, 0.3) is 0 Å². The van der Waals surface area contributed by atoms with E-state index in [2.05, 4.69) is 14.7 Å². The Bertz CT molecular complexity index is 572. The van der Waals surface area contributed by atoms with Crippen molar-refractivity contribution >= 4 is 23.5 Å². The average Bonchev–Trinajstić information content (AvgIpc) is 2.46. The molecule has 0 atom stereocenters. The van der Waals surface area contributed by atoms with Gasteiger partial charge in [-0.05, 0) is 17.7 Å². The number of aromatic nitrogens is 2. The molecule has 0 unspecified atom stereocenters. The van der Waals surface area contributed by atoms with E-state index < -0.39 is 0 Å². The van der Waals surface area contributed by atoms with Crippen LogP contribution >= 0.6 is 11.8 Å². The van der Waals surface area contributed by atoms with Crippen molar-refractivity contribution in [1.29, 1.82) is 0 Å². The summed E-state index contributed by atoms with van der Waals surface area (Å²) >= 11 is 1.51. The summed E-state index contributed by atoms with van der Waals surface area (Å²) < 4.78 is 4.64. The van der Waals surface area contributed by atoms with E-state index in [4.69, 9.17) is 5.73 Å². The van der Waals surface area contributed by atoms with Gasteiger partial charge in [-0.3, -0.25) is 0 Å². The number of carbonyl (C=O) groups is 1. The lowest BCUT2D eigenvalue weighted by Crippen LogP contribution is -2.00. The third-order valence-corrected chi connectivity index (χ3v) is 3.51. The average molecular weight is 275 g/mol. The highest BCUT2D eigenvalue weighted by atomic mass is 32.2. The number of methoxy groups -OCH3 is 1. The van der Waals surface area contributed by atoms with E-state index >= 15 is 0 Å². The molecule has 0 amide bonds. The summed E-state index contributed by atoms with van der Waals surface area (Å²) in [4.78, 5) is 19.4. The van der Waals surface area contributed by atoms with E-state index in [0.29, 0.717) is 22.2 Å². The summed E-state index contributed by atoms with van der Waals surface area (Å²) in [5.74, 6) is 0.806. The van der Waals surface area contributed by atoms with E-state index in [0.717, 1.165) is 5.56 Å². The Hall–Kier alpha value is -2.08. The molecule has 5 nitrogen and oxygen atoms in total. The lowest BCUT2D eigenvalue weighted by Gasteiger charge is -2.04. The number of ether oxygens (including phenoxy) is 1. The molecule has 0 bridgehead atoms. The first kappa shape index (κ1) is 13.4. The first-order valence-corrected chi connectivity index (χ1v) is 6.56. The van der Waals surface area contributed by atoms with Gasteiger partial charge in [0, 0.05) is 18.1 Å². The molecule has 19 heavy (non-hydrogen) atoms. The fraction of sp³-hybridized carbons (Fsp3) is 0.154. The van der Waals surface area contributed by atoms with Crippen LogP contribution in [0.5, 0.6) is 0 Å². The third kappa shape index (κ3) is 3.45. The molecule has 98 valence electrons. The molecule has 0 spiro atoms. The van der Waals surface area contributed by atoms with Gasteiger partial charge in [-0.25, -0.2) is 14.8 Å². The number of hydrogen-bond donors (Lipinski definition) is 1. The zero-order chi connectivity index (χ0) is 13.7. The first-order chi connectivity index (χ1) is 9.20. The van der Waals surface area contributed by atoms with Crippen molar-refractivity contribution in [2.45, 2.75) is 10.8 Å². The Kier molecular flexibility index (Phi) is 4.35. The zero-order valence-electron chi connectivity index (χ0n) is 10.4. The number of anilines is 1. The minimum atomic E-state index is -0.336. The number of esters is 1. The van der Waals surface area contributed by atoms with Crippen LogP contribution in [0.3, 0.4) is 0 Å². The molecule has 0 aliphatic rings.